The molecule has 2 amide bonds. The number of carbonyl (C=O) groups is 3. The lowest BCUT2D eigenvalue weighted by Crippen LogP contribution is -2.45. The number of hydrogen-bond donors (Lipinski definition) is 2. The van der Waals surface area contributed by atoms with Crippen LogP contribution in [-0.4, -0.2) is 85.2 Å². The predicted molar refractivity (Wildman–Crippen MR) is 118 cm³/mol. The van der Waals surface area contributed by atoms with Crippen molar-refractivity contribution >= 4 is 18.3 Å². The van der Waals surface area contributed by atoms with Gasteiger partial charge in [0.25, 0.3) is 6.47 Å². The molecule has 0 unspecified atom stereocenters. The van der Waals surface area contributed by atoms with Crippen molar-refractivity contribution in [3.8, 4) is 0 Å². The van der Waals surface area contributed by atoms with Crippen molar-refractivity contribution in [1.29, 1.82) is 0 Å². The van der Waals surface area contributed by atoms with Crippen LogP contribution in [0.2, 0.25) is 0 Å². The van der Waals surface area contributed by atoms with Gasteiger partial charge in [-0.1, -0.05) is 30.3 Å². The van der Waals surface area contributed by atoms with Crippen LogP contribution in [0.3, 0.4) is 0 Å². The minimum atomic E-state index is -0.250. The third-order valence-corrected chi connectivity index (χ3v) is 6.01. The lowest BCUT2D eigenvalue weighted by molar-refractivity contribution is -0.136. The number of rotatable bonds is 8. The molecule has 0 radical (unpaired) electrons. The van der Waals surface area contributed by atoms with Crippen molar-refractivity contribution in [2.24, 2.45) is 0 Å². The number of amides is 2. The summed E-state index contributed by atoms with van der Waals surface area (Å²) in [5, 5.41) is 9.97. The van der Waals surface area contributed by atoms with E-state index in [0.29, 0.717) is 51.7 Å². The van der Waals surface area contributed by atoms with Gasteiger partial charge < -0.3 is 20.1 Å². The van der Waals surface area contributed by atoms with Crippen LogP contribution in [0.25, 0.3) is 0 Å². The molecule has 2 fully saturated rings. The monoisotopic (exact) mass is 433 g/mol. The average Bonchev–Trinajstić information content (AvgIpc) is 3.13. The highest BCUT2D eigenvalue weighted by Crippen LogP contribution is 2.25. The molecule has 1 aromatic rings. The summed E-state index contributed by atoms with van der Waals surface area (Å²) in [4.78, 5) is 37.2. The predicted octanol–water partition coefficient (Wildman–Crippen LogP) is 1.54. The average molecular weight is 434 g/mol. The second-order valence-corrected chi connectivity index (χ2v) is 8.00. The Kier molecular flexibility index (Phi) is 11.0. The fourth-order valence-electron chi connectivity index (χ4n) is 4.14. The lowest BCUT2D eigenvalue weighted by atomic mass is 10.1. The number of likely N-dealkylation sites (N-methyl/N-ethyl adjacent to an activating group) is 1. The smallest absolute Gasteiger partial charge is 0.290 e. The molecule has 2 saturated heterocycles. The van der Waals surface area contributed by atoms with Gasteiger partial charge in [0.1, 0.15) is 0 Å². The number of ether oxygens (including phenoxy) is 1. The Labute approximate surface area is 184 Å². The van der Waals surface area contributed by atoms with E-state index in [1.54, 1.807) is 0 Å². The third kappa shape index (κ3) is 8.67. The number of nitrogens with one attached hydrogen (secondary N) is 1. The van der Waals surface area contributed by atoms with E-state index in [0.717, 1.165) is 25.7 Å². The number of likely N-dealkylation sites (tertiary alicyclic amines) is 1. The minimum Gasteiger partial charge on any atom is -0.483 e. The van der Waals surface area contributed by atoms with Crippen LogP contribution in [0.15, 0.2) is 30.3 Å². The zero-order valence-corrected chi connectivity index (χ0v) is 18.4. The van der Waals surface area contributed by atoms with Crippen molar-refractivity contribution in [1.82, 2.24) is 15.1 Å². The Morgan fingerprint density at radius 3 is 2.48 bits per heavy atom. The van der Waals surface area contributed by atoms with Gasteiger partial charge in [-0.2, -0.15) is 0 Å². The third-order valence-electron chi connectivity index (χ3n) is 6.01. The van der Waals surface area contributed by atoms with Crippen LogP contribution in [0.4, 0.5) is 0 Å². The standard InChI is InChI=1S/C22H33N3O3.CH2O2/c1-24-19(16-22(27)25-12-14-28-15-13-25)10-11-20(24)17-23-21(26)9-5-8-18-6-3-2-4-7-18;2-1-3/h2-4,6-7,19-20H,5,8-17H2,1H3,(H,23,26);1H,(H,2,3)/t19-,20+;/m1./s1. The van der Waals surface area contributed by atoms with Crippen LogP contribution in [0.1, 0.15) is 37.7 Å². The van der Waals surface area contributed by atoms with Crippen LogP contribution in [0.5, 0.6) is 0 Å². The van der Waals surface area contributed by atoms with Crippen molar-refractivity contribution < 1.29 is 24.2 Å². The molecule has 172 valence electrons. The molecule has 0 aromatic heterocycles. The molecule has 0 aliphatic carbocycles. The molecule has 31 heavy (non-hydrogen) atoms. The summed E-state index contributed by atoms with van der Waals surface area (Å²) in [6.45, 7) is 3.12. The van der Waals surface area contributed by atoms with E-state index in [2.05, 4.69) is 29.4 Å². The molecular formula is C23H35N3O5. The summed E-state index contributed by atoms with van der Waals surface area (Å²) in [7, 11) is 2.08. The second kappa shape index (κ2) is 13.8. The van der Waals surface area contributed by atoms with Gasteiger partial charge in [0, 0.05) is 44.6 Å². The number of nitrogens with zero attached hydrogens (tertiary/aromatic N) is 2. The van der Waals surface area contributed by atoms with Crippen LogP contribution < -0.4 is 5.32 Å². The first kappa shape index (κ1) is 24.8. The van der Waals surface area contributed by atoms with Crippen LogP contribution in [0, 0.1) is 0 Å². The van der Waals surface area contributed by atoms with Crippen LogP contribution >= 0.6 is 0 Å². The zero-order valence-electron chi connectivity index (χ0n) is 18.4. The minimum absolute atomic E-state index is 0.122. The van der Waals surface area contributed by atoms with E-state index < -0.39 is 0 Å². The van der Waals surface area contributed by atoms with Crippen molar-refractivity contribution in [2.45, 2.75) is 50.6 Å². The van der Waals surface area contributed by atoms with Gasteiger partial charge in [-0.15, -0.1) is 0 Å². The van der Waals surface area contributed by atoms with Gasteiger partial charge in [-0.25, -0.2) is 0 Å². The van der Waals surface area contributed by atoms with Gasteiger partial charge in [0.2, 0.25) is 11.8 Å². The van der Waals surface area contributed by atoms with E-state index >= 15 is 0 Å². The van der Waals surface area contributed by atoms with Crippen LogP contribution in [-0.2, 0) is 25.5 Å². The molecule has 2 heterocycles. The molecule has 2 aliphatic heterocycles. The Bertz CT molecular complexity index is 679. The topological polar surface area (TPSA) is 99.2 Å². The molecule has 2 aliphatic rings. The normalized spacial score (nSPS) is 21.1. The SMILES string of the molecule is CN1[C@@H](CC(=O)N2CCOCC2)CC[C@H]1CNC(=O)CCCc1ccccc1.O=CO. The molecule has 0 saturated carbocycles. The fourth-order valence-corrected chi connectivity index (χ4v) is 4.14. The Morgan fingerprint density at radius 1 is 1.16 bits per heavy atom. The highest BCUT2D eigenvalue weighted by molar-refractivity contribution is 5.77. The number of benzene rings is 1. The summed E-state index contributed by atoms with van der Waals surface area (Å²) in [6, 6.07) is 10.9. The van der Waals surface area contributed by atoms with Gasteiger partial charge in [-0.05, 0) is 38.3 Å². The van der Waals surface area contributed by atoms with Gasteiger partial charge in [0.15, 0.2) is 0 Å². The fraction of sp³-hybridized carbons (Fsp3) is 0.609. The molecule has 8 heteroatoms. The Morgan fingerprint density at radius 2 is 1.81 bits per heavy atom. The Balaban J connectivity index is 0.00000107. The number of aryl methyl sites for hydroxylation is 1. The second-order valence-electron chi connectivity index (χ2n) is 8.00. The van der Waals surface area contributed by atoms with E-state index in [4.69, 9.17) is 14.6 Å². The highest BCUT2D eigenvalue weighted by Gasteiger charge is 2.33. The Hall–Kier alpha value is -2.45. The van der Waals surface area contributed by atoms with E-state index in [9.17, 15) is 9.59 Å². The van der Waals surface area contributed by atoms with Gasteiger partial charge >= 0.3 is 0 Å². The number of carbonyl (C=O) groups excluding carboxylic acids is 2. The molecule has 0 spiro atoms. The lowest BCUT2D eigenvalue weighted by Gasteiger charge is -2.30. The summed E-state index contributed by atoms with van der Waals surface area (Å²) >= 11 is 0. The first-order chi connectivity index (χ1) is 15.0. The quantitative estimate of drug-likeness (QED) is 0.604. The summed E-state index contributed by atoms with van der Waals surface area (Å²) in [5.41, 5.74) is 1.28. The molecular weight excluding hydrogens is 398 g/mol. The molecule has 0 bridgehead atoms. The molecule has 1 aromatic carbocycles. The maximum absolute atomic E-state index is 12.5. The highest BCUT2D eigenvalue weighted by atomic mass is 16.5. The first-order valence-electron chi connectivity index (χ1n) is 11.0. The summed E-state index contributed by atoms with van der Waals surface area (Å²) in [5.74, 6) is 0.350. The maximum Gasteiger partial charge on any atom is 0.290 e. The first-order valence-corrected chi connectivity index (χ1v) is 11.0. The molecule has 2 N–H and O–H groups in total. The summed E-state index contributed by atoms with van der Waals surface area (Å²) in [6.07, 6.45) is 4.97. The van der Waals surface area contributed by atoms with E-state index in [1.165, 1.54) is 5.56 Å². The number of morpholine rings is 1. The van der Waals surface area contributed by atoms with Gasteiger partial charge in [-0.3, -0.25) is 19.3 Å². The van der Waals surface area contributed by atoms with Gasteiger partial charge in [0.05, 0.1) is 13.2 Å². The van der Waals surface area contributed by atoms with E-state index in [1.807, 2.05) is 23.1 Å². The molecule has 8 nitrogen and oxygen atoms in total. The summed E-state index contributed by atoms with van der Waals surface area (Å²) < 4.78 is 5.32. The van der Waals surface area contributed by atoms with Crippen molar-refractivity contribution in [2.75, 3.05) is 39.9 Å². The molecule has 2 atom stereocenters. The number of carboxylic acid groups (broad SMARTS) is 1. The zero-order chi connectivity index (χ0) is 22.5. The number of hydrogen-bond acceptors (Lipinski definition) is 5. The largest absolute Gasteiger partial charge is 0.483 e. The van der Waals surface area contributed by atoms with E-state index in [-0.39, 0.29) is 24.3 Å². The maximum atomic E-state index is 12.5. The molecule has 3 rings (SSSR count). The van der Waals surface area contributed by atoms with Crippen molar-refractivity contribution in [3.05, 3.63) is 35.9 Å². The van der Waals surface area contributed by atoms with Crippen molar-refractivity contribution in [3.63, 3.8) is 0 Å².